The molecule has 0 aliphatic heterocycles. The smallest absolute Gasteiger partial charge is 0.321 e. The van der Waals surface area contributed by atoms with Crippen LogP contribution in [-0.4, -0.2) is 25.0 Å². The summed E-state index contributed by atoms with van der Waals surface area (Å²) in [5, 5.41) is 4.45. The average molecular weight is 354 g/mol. The van der Waals surface area contributed by atoms with Gasteiger partial charge < -0.3 is 10.1 Å². The number of amides is 3. The van der Waals surface area contributed by atoms with Gasteiger partial charge in [-0.1, -0.05) is 67.6 Å². The van der Waals surface area contributed by atoms with Crippen LogP contribution in [-0.2, 0) is 14.3 Å². The number of urea groups is 1. The van der Waals surface area contributed by atoms with E-state index < -0.39 is 24.0 Å². The van der Waals surface area contributed by atoms with Crippen molar-refractivity contribution < 1.29 is 19.1 Å². The van der Waals surface area contributed by atoms with Crippen LogP contribution in [0.15, 0.2) is 60.7 Å². The normalized spacial score (nSPS) is 12.5. The van der Waals surface area contributed by atoms with Gasteiger partial charge in [0.1, 0.15) is 0 Å². The molecule has 136 valence electrons. The largest absolute Gasteiger partial charge is 0.447 e. The average Bonchev–Trinajstić information content (AvgIpc) is 2.67. The highest BCUT2D eigenvalue weighted by molar-refractivity contribution is 5.97. The molecule has 2 N–H and O–H groups in total. The molecule has 0 heterocycles. The molecule has 26 heavy (non-hydrogen) atoms. The molecule has 3 amide bonds. The van der Waals surface area contributed by atoms with Gasteiger partial charge in [-0.25, -0.2) is 4.79 Å². The van der Waals surface area contributed by atoms with Crippen molar-refractivity contribution in [3.8, 4) is 0 Å². The molecule has 0 spiro atoms. The molecular formula is C20H22N2O4. The first-order chi connectivity index (χ1) is 12.5. The van der Waals surface area contributed by atoms with Gasteiger partial charge in [-0.05, 0) is 11.5 Å². The predicted octanol–water partition coefficient (Wildman–Crippen LogP) is 2.92. The molecule has 0 aliphatic carbocycles. The van der Waals surface area contributed by atoms with Gasteiger partial charge in [0.2, 0.25) is 6.10 Å². The Bertz CT molecular complexity index is 747. The summed E-state index contributed by atoms with van der Waals surface area (Å²) < 4.78 is 5.40. The maximum atomic E-state index is 12.4. The van der Waals surface area contributed by atoms with Gasteiger partial charge in [-0.2, -0.15) is 0 Å². The fourth-order valence-electron chi connectivity index (χ4n) is 2.47. The maximum Gasteiger partial charge on any atom is 0.321 e. The van der Waals surface area contributed by atoms with Crippen LogP contribution in [0.5, 0.6) is 0 Å². The maximum absolute atomic E-state index is 12.4. The Balaban J connectivity index is 2.09. The number of imide groups is 1. The van der Waals surface area contributed by atoms with Crippen molar-refractivity contribution in [3.05, 3.63) is 71.8 Å². The van der Waals surface area contributed by atoms with Gasteiger partial charge in [-0.15, -0.1) is 0 Å². The molecule has 0 unspecified atom stereocenters. The van der Waals surface area contributed by atoms with Crippen molar-refractivity contribution in [3.63, 3.8) is 0 Å². The summed E-state index contributed by atoms with van der Waals surface area (Å²) in [5.74, 6) is -1.26. The Labute approximate surface area is 152 Å². The van der Waals surface area contributed by atoms with Crippen LogP contribution in [0.2, 0.25) is 0 Å². The van der Waals surface area contributed by atoms with E-state index in [-0.39, 0.29) is 12.3 Å². The second-order valence-electron chi connectivity index (χ2n) is 5.86. The van der Waals surface area contributed by atoms with Crippen LogP contribution >= 0.6 is 0 Å². The van der Waals surface area contributed by atoms with Crippen molar-refractivity contribution in [2.45, 2.75) is 25.4 Å². The van der Waals surface area contributed by atoms with Crippen molar-refractivity contribution in [1.29, 1.82) is 0 Å². The van der Waals surface area contributed by atoms with Gasteiger partial charge in [0.05, 0.1) is 6.42 Å². The molecule has 0 bridgehead atoms. The first-order valence-corrected chi connectivity index (χ1v) is 8.33. The molecule has 2 atom stereocenters. The van der Waals surface area contributed by atoms with Crippen LogP contribution in [0, 0.1) is 0 Å². The van der Waals surface area contributed by atoms with E-state index in [1.165, 1.54) is 7.05 Å². The van der Waals surface area contributed by atoms with Crippen molar-refractivity contribution in [2.24, 2.45) is 0 Å². The number of rotatable bonds is 6. The van der Waals surface area contributed by atoms with Gasteiger partial charge in [0.15, 0.2) is 0 Å². The van der Waals surface area contributed by atoms with E-state index in [0.717, 1.165) is 5.56 Å². The zero-order valence-corrected chi connectivity index (χ0v) is 14.8. The van der Waals surface area contributed by atoms with E-state index in [0.29, 0.717) is 5.56 Å². The second kappa shape index (κ2) is 9.36. The highest BCUT2D eigenvalue weighted by Gasteiger charge is 2.27. The Morgan fingerprint density at radius 2 is 1.46 bits per heavy atom. The highest BCUT2D eigenvalue weighted by Crippen LogP contribution is 2.23. The number of nitrogens with one attached hydrogen (secondary N) is 2. The number of hydrogen-bond acceptors (Lipinski definition) is 4. The zero-order chi connectivity index (χ0) is 18.9. The molecule has 2 rings (SSSR count). The van der Waals surface area contributed by atoms with Gasteiger partial charge in [-0.3, -0.25) is 14.9 Å². The Hall–Kier alpha value is -3.15. The molecule has 2 aromatic rings. The standard InChI is InChI=1S/C20H22N2O4/c1-14(15-9-5-3-6-10-15)13-17(23)26-18(16-11-7-4-8-12-16)19(24)22-20(25)21-2/h3-12,14,18H,13H2,1-2H3,(H2,21,22,24,25)/t14-,18+/m1/s1. The molecule has 0 aromatic heterocycles. The molecule has 0 saturated carbocycles. The van der Waals surface area contributed by atoms with Gasteiger partial charge in [0, 0.05) is 12.6 Å². The van der Waals surface area contributed by atoms with E-state index in [1.54, 1.807) is 30.3 Å². The quantitative estimate of drug-likeness (QED) is 0.781. The summed E-state index contributed by atoms with van der Waals surface area (Å²) in [6.45, 7) is 1.92. The molecular weight excluding hydrogens is 332 g/mol. The lowest BCUT2D eigenvalue weighted by Gasteiger charge is -2.19. The minimum atomic E-state index is -1.19. The van der Waals surface area contributed by atoms with Crippen LogP contribution in [0.25, 0.3) is 0 Å². The van der Waals surface area contributed by atoms with E-state index >= 15 is 0 Å². The minimum Gasteiger partial charge on any atom is -0.447 e. The van der Waals surface area contributed by atoms with E-state index in [1.807, 2.05) is 37.3 Å². The van der Waals surface area contributed by atoms with Crippen molar-refractivity contribution >= 4 is 17.9 Å². The number of hydrogen-bond donors (Lipinski definition) is 2. The lowest BCUT2D eigenvalue weighted by molar-refractivity contribution is -0.156. The van der Waals surface area contributed by atoms with Crippen LogP contribution in [0.4, 0.5) is 4.79 Å². The highest BCUT2D eigenvalue weighted by atomic mass is 16.5. The van der Waals surface area contributed by atoms with Crippen molar-refractivity contribution in [2.75, 3.05) is 7.05 Å². The van der Waals surface area contributed by atoms with Crippen molar-refractivity contribution in [1.82, 2.24) is 10.6 Å². The number of benzene rings is 2. The minimum absolute atomic E-state index is 0.0536. The summed E-state index contributed by atoms with van der Waals surface area (Å²) >= 11 is 0. The van der Waals surface area contributed by atoms with Crippen LogP contribution < -0.4 is 10.6 Å². The third-order valence-corrected chi connectivity index (χ3v) is 3.90. The number of ether oxygens (including phenoxy) is 1. The summed E-state index contributed by atoms with van der Waals surface area (Å²) in [6.07, 6.45) is -1.07. The summed E-state index contributed by atoms with van der Waals surface area (Å²) in [4.78, 5) is 36.1. The topological polar surface area (TPSA) is 84.5 Å². The predicted molar refractivity (Wildman–Crippen MR) is 97.3 cm³/mol. The fourth-order valence-corrected chi connectivity index (χ4v) is 2.47. The second-order valence-corrected chi connectivity index (χ2v) is 5.86. The fraction of sp³-hybridized carbons (Fsp3) is 0.250. The third-order valence-electron chi connectivity index (χ3n) is 3.90. The molecule has 2 aromatic carbocycles. The lowest BCUT2D eigenvalue weighted by atomic mass is 9.98. The monoisotopic (exact) mass is 354 g/mol. The van der Waals surface area contributed by atoms with Gasteiger partial charge in [0.25, 0.3) is 5.91 Å². The van der Waals surface area contributed by atoms with Crippen LogP contribution in [0.3, 0.4) is 0 Å². The molecule has 0 fully saturated rings. The first kappa shape index (κ1) is 19.2. The summed E-state index contributed by atoms with van der Waals surface area (Å²) in [5.41, 5.74) is 1.50. The summed E-state index contributed by atoms with van der Waals surface area (Å²) in [6, 6.07) is 17.5. The molecule has 6 nitrogen and oxygen atoms in total. The van der Waals surface area contributed by atoms with E-state index in [4.69, 9.17) is 4.74 Å². The molecule has 0 radical (unpaired) electrons. The third kappa shape index (κ3) is 5.44. The van der Waals surface area contributed by atoms with E-state index in [9.17, 15) is 14.4 Å². The SMILES string of the molecule is CNC(=O)NC(=O)[C@@H](OC(=O)C[C@@H](C)c1ccccc1)c1ccccc1. The Morgan fingerprint density at radius 3 is 2.00 bits per heavy atom. The molecule has 6 heteroatoms. The number of carbonyl (C=O) groups excluding carboxylic acids is 3. The first-order valence-electron chi connectivity index (χ1n) is 8.33. The van der Waals surface area contributed by atoms with Crippen LogP contribution in [0.1, 0.15) is 36.5 Å². The van der Waals surface area contributed by atoms with E-state index in [2.05, 4.69) is 10.6 Å². The Kier molecular flexibility index (Phi) is 6.91. The van der Waals surface area contributed by atoms with Gasteiger partial charge >= 0.3 is 12.0 Å². The number of esters is 1. The Morgan fingerprint density at radius 1 is 0.923 bits per heavy atom. The molecule has 0 aliphatic rings. The summed E-state index contributed by atoms with van der Waals surface area (Å²) in [7, 11) is 1.40. The zero-order valence-electron chi connectivity index (χ0n) is 14.8. The molecule has 0 saturated heterocycles. The number of carbonyl (C=O) groups is 3. The lowest BCUT2D eigenvalue weighted by Crippen LogP contribution is -2.41.